The maximum atomic E-state index is 14.9. The van der Waals surface area contributed by atoms with Crippen LogP contribution in [-0.4, -0.2) is 62.0 Å². The lowest BCUT2D eigenvalue weighted by atomic mass is 9.98. The van der Waals surface area contributed by atoms with Gasteiger partial charge in [0.15, 0.2) is 23.1 Å². The van der Waals surface area contributed by atoms with Crippen LogP contribution in [0.5, 0.6) is 0 Å². The monoisotopic (exact) mass is 442 g/mol. The molecule has 166 valence electrons. The Balaban J connectivity index is 1.45. The van der Waals surface area contributed by atoms with Crippen molar-refractivity contribution in [3.63, 3.8) is 0 Å². The van der Waals surface area contributed by atoms with E-state index in [1.165, 1.54) is 6.20 Å². The predicted octanol–water partition coefficient (Wildman–Crippen LogP) is 1.44. The third kappa shape index (κ3) is 3.37. The van der Waals surface area contributed by atoms with E-state index in [-0.39, 0.29) is 40.4 Å². The van der Waals surface area contributed by atoms with Crippen molar-refractivity contribution < 1.29 is 18.4 Å². The molecule has 1 atom stereocenters. The number of hydrogen-bond donors (Lipinski definition) is 2. The number of carbonyl (C=O) groups is 2. The molecule has 3 N–H and O–H groups in total. The second kappa shape index (κ2) is 7.70. The van der Waals surface area contributed by atoms with E-state index in [9.17, 15) is 18.4 Å². The van der Waals surface area contributed by atoms with Gasteiger partial charge in [-0.25, -0.2) is 18.3 Å². The Bertz CT molecular complexity index is 1230. The summed E-state index contributed by atoms with van der Waals surface area (Å²) < 4.78 is 29.4. The zero-order valence-electron chi connectivity index (χ0n) is 17.0. The van der Waals surface area contributed by atoms with E-state index in [4.69, 9.17) is 5.73 Å². The second-order valence-electron chi connectivity index (χ2n) is 7.85. The highest BCUT2D eigenvalue weighted by molar-refractivity contribution is 6.12. The van der Waals surface area contributed by atoms with Crippen molar-refractivity contribution in [2.45, 2.75) is 25.3 Å². The summed E-state index contributed by atoms with van der Waals surface area (Å²) in [6.07, 6.45) is 6.63. The number of pyridine rings is 1. The number of nitrogens with two attached hydrogens (primary N) is 1. The SMILES string of the molecule is Nc1nn2cc(F)cnc2c1C(=O)Nc1cncc(F)c1N1CCN2C(=O)CCC[C@H]2C1. The molecule has 2 amide bonds. The van der Waals surface area contributed by atoms with Crippen LogP contribution in [-0.2, 0) is 4.79 Å². The first-order chi connectivity index (χ1) is 15.4. The van der Waals surface area contributed by atoms with Crippen LogP contribution < -0.4 is 16.0 Å². The molecule has 3 aromatic rings. The molecule has 0 spiro atoms. The number of halogens is 2. The quantitative estimate of drug-likeness (QED) is 0.629. The minimum atomic E-state index is -0.670. The Morgan fingerprint density at radius 3 is 2.91 bits per heavy atom. The Kier molecular flexibility index (Phi) is 4.83. The molecule has 5 rings (SSSR count). The van der Waals surface area contributed by atoms with Gasteiger partial charge in [-0.3, -0.25) is 14.6 Å². The van der Waals surface area contributed by atoms with Crippen molar-refractivity contribution in [1.29, 1.82) is 0 Å². The lowest BCUT2D eigenvalue weighted by Crippen LogP contribution is -2.57. The number of aromatic nitrogens is 4. The van der Waals surface area contributed by atoms with Gasteiger partial charge in [0.05, 0.1) is 30.5 Å². The fourth-order valence-electron chi connectivity index (χ4n) is 4.44. The van der Waals surface area contributed by atoms with Crippen LogP contribution in [0.25, 0.3) is 5.65 Å². The van der Waals surface area contributed by atoms with Gasteiger partial charge in [-0.05, 0) is 12.8 Å². The molecule has 10 nitrogen and oxygen atoms in total. The molecule has 2 aliphatic heterocycles. The van der Waals surface area contributed by atoms with Gasteiger partial charge < -0.3 is 20.9 Å². The molecule has 12 heteroatoms. The maximum absolute atomic E-state index is 14.9. The van der Waals surface area contributed by atoms with Crippen molar-refractivity contribution in [2.24, 2.45) is 0 Å². The number of fused-ring (bicyclic) bond motifs is 2. The molecule has 0 aromatic carbocycles. The number of nitrogens with one attached hydrogen (secondary N) is 1. The summed E-state index contributed by atoms with van der Waals surface area (Å²) in [5.74, 6) is -1.91. The highest BCUT2D eigenvalue weighted by Crippen LogP contribution is 2.33. The van der Waals surface area contributed by atoms with Gasteiger partial charge >= 0.3 is 0 Å². The third-order valence-electron chi connectivity index (χ3n) is 5.86. The molecule has 2 fully saturated rings. The van der Waals surface area contributed by atoms with Gasteiger partial charge in [0.2, 0.25) is 5.91 Å². The molecule has 0 radical (unpaired) electrons. The molecule has 0 unspecified atom stereocenters. The number of nitrogens with zero attached hydrogens (tertiary/aromatic N) is 6. The van der Waals surface area contributed by atoms with Crippen LogP contribution in [0.15, 0.2) is 24.8 Å². The summed E-state index contributed by atoms with van der Waals surface area (Å²) >= 11 is 0. The van der Waals surface area contributed by atoms with E-state index in [1.54, 1.807) is 0 Å². The zero-order valence-corrected chi connectivity index (χ0v) is 17.0. The van der Waals surface area contributed by atoms with Crippen molar-refractivity contribution in [2.75, 3.05) is 35.6 Å². The van der Waals surface area contributed by atoms with Gasteiger partial charge in [0.25, 0.3) is 5.91 Å². The van der Waals surface area contributed by atoms with Crippen LogP contribution >= 0.6 is 0 Å². The van der Waals surface area contributed by atoms with Gasteiger partial charge in [-0.2, -0.15) is 0 Å². The number of piperidine rings is 1. The normalized spacial score (nSPS) is 18.7. The van der Waals surface area contributed by atoms with Crippen LogP contribution in [0.1, 0.15) is 29.6 Å². The molecular weight excluding hydrogens is 422 g/mol. The summed E-state index contributed by atoms with van der Waals surface area (Å²) in [5, 5.41) is 6.56. The first kappa shape index (κ1) is 20.1. The summed E-state index contributed by atoms with van der Waals surface area (Å²) in [6, 6.07) is -0.00419. The van der Waals surface area contributed by atoms with Gasteiger partial charge in [-0.15, -0.1) is 5.10 Å². The minimum Gasteiger partial charge on any atom is -0.381 e. The lowest BCUT2D eigenvalue weighted by Gasteiger charge is -2.45. The van der Waals surface area contributed by atoms with Gasteiger partial charge in [0.1, 0.15) is 11.3 Å². The largest absolute Gasteiger partial charge is 0.381 e. The highest BCUT2D eigenvalue weighted by atomic mass is 19.1. The zero-order chi connectivity index (χ0) is 22.4. The molecule has 0 bridgehead atoms. The van der Waals surface area contributed by atoms with Gasteiger partial charge in [0, 0.05) is 32.1 Å². The van der Waals surface area contributed by atoms with E-state index in [0.29, 0.717) is 26.1 Å². The molecule has 5 heterocycles. The van der Waals surface area contributed by atoms with E-state index < -0.39 is 17.5 Å². The number of hydrogen-bond acceptors (Lipinski definition) is 7. The van der Waals surface area contributed by atoms with E-state index >= 15 is 0 Å². The van der Waals surface area contributed by atoms with Crippen molar-refractivity contribution >= 4 is 34.7 Å². The van der Waals surface area contributed by atoms with E-state index in [2.05, 4.69) is 20.4 Å². The molecule has 2 aliphatic rings. The number of piperazine rings is 1. The van der Waals surface area contributed by atoms with Crippen molar-refractivity contribution in [3.8, 4) is 0 Å². The Morgan fingerprint density at radius 2 is 2.06 bits per heavy atom. The Hall–Kier alpha value is -3.83. The van der Waals surface area contributed by atoms with E-state index in [1.807, 2.05) is 9.80 Å². The van der Waals surface area contributed by atoms with Crippen LogP contribution in [0.3, 0.4) is 0 Å². The first-order valence-corrected chi connectivity index (χ1v) is 10.2. The third-order valence-corrected chi connectivity index (χ3v) is 5.86. The molecule has 0 aliphatic carbocycles. The number of rotatable bonds is 3. The average Bonchev–Trinajstić information content (AvgIpc) is 3.08. The molecule has 2 saturated heterocycles. The smallest absolute Gasteiger partial charge is 0.263 e. The second-order valence-corrected chi connectivity index (χ2v) is 7.85. The Morgan fingerprint density at radius 1 is 1.22 bits per heavy atom. The van der Waals surface area contributed by atoms with Crippen LogP contribution in [0.2, 0.25) is 0 Å². The highest BCUT2D eigenvalue weighted by Gasteiger charge is 2.35. The number of amides is 2. The molecule has 3 aromatic heterocycles. The minimum absolute atomic E-state index is 0.00419. The van der Waals surface area contributed by atoms with Crippen LogP contribution in [0.4, 0.5) is 26.0 Å². The van der Waals surface area contributed by atoms with Crippen LogP contribution in [0, 0.1) is 11.6 Å². The summed E-state index contributed by atoms with van der Waals surface area (Å²) in [7, 11) is 0. The van der Waals surface area contributed by atoms with Crippen molar-refractivity contribution in [3.05, 3.63) is 42.0 Å². The maximum Gasteiger partial charge on any atom is 0.263 e. The standard InChI is InChI=1S/C20H20F2N8O2/c21-11-6-25-19-16(18(23)27-30(19)9-11)20(32)26-14-8-24-7-13(22)17(14)28-4-5-29-12(10-28)2-1-3-15(29)31/h6-9,12H,1-5,10H2,(H2,23,27)(H,26,32)/t12-/m0/s1. The van der Waals surface area contributed by atoms with Gasteiger partial charge in [-0.1, -0.05) is 0 Å². The summed E-state index contributed by atoms with van der Waals surface area (Å²) in [5.41, 5.74) is 6.23. The topological polar surface area (TPSA) is 122 Å². The van der Waals surface area contributed by atoms with Crippen molar-refractivity contribution in [1.82, 2.24) is 24.5 Å². The summed E-state index contributed by atoms with van der Waals surface area (Å²) in [4.78, 5) is 36.6. The molecule has 0 saturated carbocycles. The number of anilines is 3. The number of nitrogen functional groups attached to an aromatic ring is 1. The fourth-order valence-corrected chi connectivity index (χ4v) is 4.44. The predicted molar refractivity (Wildman–Crippen MR) is 111 cm³/mol. The fraction of sp³-hybridized carbons (Fsp3) is 0.350. The summed E-state index contributed by atoms with van der Waals surface area (Å²) in [6.45, 7) is 1.36. The average molecular weight is 442 g/mol. The first-order valence-electron chi connectivity index (χ1n) is 10.2. The lowest BCUT2D eigenvalue weighted by molar-refractivity contribution is -0.136. The van der Waals surface area contributed by atoms with E-state index in [0.717, 1.165) is 35.9 Å². The Labute approximate surface area is 181 Å². The molecular formula is C20H20F2N8O2. The molecule has 32 heavy (non-hydrogen) atoms. The number of carbonyl (C=O) groups excluding carboxylic acids is 2.